The van der Waals surface area contributed by atoms with Crippen molar-refractivity contribution in [3.63, 3.8) is 0 Å². The molecule has 0 spiro atoms. The fourth-order valence-corrected chi connectivity index (χ4v) is 2.67. The Labute approximate surface area is 143 Å². The van der Waals surface area contributed by atoms with Crippen molar-refractivity contribution in [3.05, 3.63) is 76.0 Å². The average Bonchev–Trinajstić information content (AvgIpc) is 2.61. The minimum absolute atomic E-state index is 0.240. The van der Waals surface area contributed by atoms with Gasteiger partial charge in [0, 0.05) is 11.8 Å². The standard InChI is InChI=1S/C19H17FN2O3/c1-2-25-18(23)12-22-19(24)16-6-4-3-5-15(16)17(21-22)11-13-7-9-14(20)10-8-13/h3-10H,2,11-12H2,1H3. The first-order chi connectivity index (χ1) is 12.1. The van der Waals surface area contributed by atoms with Gasteiger partial charge in [0.05, 0.1) is 17.7 Å². The van der Waals surface area contributed by atoms with Crippen molar-refractivity contribution in [2.24, 2.45) is 0 Å². The quantitative estimate of drug-likeness (QED) is 0.670. The van der Waals surface area contributed by atoms with Gasteiger partial charge < -0.3 is 4.74 Å². The highest BCUT2D eigenvalue weighted by atomic mass is 19.1. The molecule has 0 fully saturated rings. The Morgan fingerprint density at radius 3 is 2.48 bits per heavy atom. The Kier molecular flexibility index (Phi) is 4.88. The van der Waals surface area contributed by atoms with Gasteiger partial charge in [-0.15, -0.1) is 0 Å². The second-order valence-electron chi connectivity index (χ2n) is 5.56. The molecule has 128 valence electrons. The van der Waals surface area contributed by atoms with Crippen molar-refractivity contribution in [2.75, 3.05) is 6.61 Å². The molecule has 6 heteroatoms. The zero-order valence-electron chi connectivity index (χ0n) is 13.7. The number of carbonyl (C=O) groups is 1. The van der Waals surface area contributed by atoms with Crippen molar-refractivity contribution >= 4 is 16.7 Å². The molecular formula is C19H17FN2O3. The van der Waals surface area contributed by atoms with E-state index in [-0.39, 0.29) is 24.5 Å². The molecule has 0 saturated heterocycles. The normalized spacial score (nSPS) is 10.8. The monoisotopic (exact) mass is 340 g/mol. The number of ether oxygens (including phenoxy) is 1. The van der Waals surface area contributed by atoms with Gasteiger partial charge in [-0.3, -0.25) is 9.59 Å². The summed E-state index contributed by atoms with van der Waals surface area (Å²) in [7, 11) is 0. The molecule has 0 aliphatic carbocycles. The molecule has 0 aliphatic rings. The number of hydrogen-bond donors (Lipinski definition) is 0. The highest BCUT2D eigenvalue weighted by molar-refractivity contribution is 5.84. The lowest BCUT2D eigenvalue weighted by Gasteiger charge is -2.11. The van der Waals surface area contributed by atoms with Crippen LogP contribution in [0.4, 0.5) is 4.39 Å². The summed E-state index contributed by atoms with van der Waals surface area (Å²) in [5.41, 5.74) is 1.16. The van der Waals surface area contributed by atoms with Gasteiger partial charge in [-0.2, -0.15) is 5.10 Å². The Hall–Kier alpha value is -3.02. The first-order valence-electron chi connectivity index (χ1n) is 7.97. The maximum Gasteiger partial charge on any atom is 0.327 e. The Bertz CT molecular complexity index is 965. The van der Waals surface area contributed by atoms with Gasteiger partial charge in [0.1, 0.15) is 12.4 Å². The van der Waals surface area contributed by atoms with Crippen LogP contribution in [-0.2, 0) is 22.5 Å². The second-order valence-corrected chi connectivity index (χ2v) is 5.56. The largest absolute Gasteiger partial charge is 0.465 e. The summed E-state index contributed by atoms with van der Waals surface area (Å²) < 4.78 is 19.1. The Morgan fingerprint density at radius 2 is 1.80 bits per heavy atom. The molecule has 1 aromatic heterocycles. The fraction of sp³-hybridized carbons (Fsp3) is 0.211. The van der Waals surface area contributed by atoms with Crippen LogP contribution in [0.2, 0.25) is 0 Å². The molecule has 0 N–H and O–H groups in total. The third-order valence-corrected chi connectivity index (χ3v) is 3.81. The van der Waals surface area contributed by atoms with Crippen LogP contribution in [0.5, 0.6) is 0 Å². The molecule has 0 radical (unpaired) electrons. The molecule has 0 bridgehead atoms. The van der Waals surface area contributed by atoms with Crippen LogP contribution in [-0.4, -0.2) is 22.4 Å². The maximum absolute atomic E-state index is 13.1. The highest BCUT2D eigenvalue weighted by Gasteiger charge is 2.13. The lowest BCUT2D eigenvalue weighted by molar-refractivity contribution is -0.144. The van der Waals surface area contributed by atoms with Crippen LogP contribution in [0.15, 0.2) is 53.3 Å². The van der Waals surface area contributed by atoms with Gasteiger partial charge in [-0.05, 0) is 30.7 Å². The van der Waals surface area contributed by atoms with E-state index in [1.165, 1.54) is 12.1 Å². The van der Waals surface area contributed by atoms with Gasteiger partial charge in [-0.25, -0.2) is 9.07 Å². The van der Waals surface area contributed by atoms with Crippen LogP contribution in [0.1, 0.15) is 18.2 Å². The topological polar surface area (TPSA) is 61.2 Å². The van der Waals surface area contributed by atoms with Crippen molar-refractivity contribution in [3.8, 4) is 0 Å². The number of hydrogen-bond acceptors (Lipinski definition) is 4. The zero-order chi connectivity index (χ0) is 17.8. The van der Waals surface area contributed by atoms with Crippen molar-refractivity contribution < 1.29 is 13.9 Å². The molecule has 0 unspecified atom stereocenters. The van der Waals surface area contributed by atoms with E-state index in [1.54, 1.807) is 31.2 Å². The summed E-state index contributed by atoms with van der Waals surface area (Å²) in [5, 5.41) is 5.55. The molecule has 0 saturated carbocycles. The molecule has 3 aromatic rings. The Balaban J connectivity index is 2.06. The van der Waals surface area contributed by atoms with Gasteiger partial charge >= 0.3 is 5.97 Å². The molecule has 2 aromatic carbocycles. The van der Waals surface area contributed by atoms with Crippen LogP contribution in [0, 0.1) is 5.82 Å². The molecule has 25 heavy (non-hydrogen) atoms. The first-order valence-corrected chi connectivity index (χ1v) is 7.97. The van der Waals surface area contributed by atoms with Crippen LogP contribution in [0.3, 0.4) is 0 Å². The number of aromatic nitrogens is 2. The van der Waals surface area contributed by atoms with E-state index in [0.717, 1.165) is 15.6 Å². The summed E-state index contributed by atoms with van der Waals surface area (Å²) >= 11 is 0. The zero-order valence-corrected chi connectivity index (χ0v) is 13.7. The van der Waals surface area contributed by atoms with Gasteiger partial charge in [-0.1, -0.05) is 30.3 Å². The fourth-order valence-electron chi connectivity index (χ4n) is 2.67. The predicted octanol–water partition coefficient (Wildman–Crippen LogP) is 2.69. The van der Waals surface area contributed by atoms with E-state index in [1.807, 2.05) is 12.1 Å². The molecular weight excluding hydrogens is 323 g/mol. The molecule has 5 nitrogen and oxygen atoms in total. The third kappa shape index (κ3) is 3.74. The van der Waals surface area contributed by atoms with Crippen LogP contribution in [0.25, 0.3) is 10.8 Å². The summed E-state index contributed by atoms with van der Waals surface area (Å²) in [4.78, 5) is 24.3. The van der Waals surface area contributed by atoms with Gasteiger partial charge in [0.2, 0.25) is 0 Å². The smallest absolute Gasteiger partial charge is 0.327 e. The van der Waals surface area contributed by atoms with Gasteiger partial charge in [0.15, 0.2) is 0 Å². The van der Waals surface area contributed by atoms with Gasteiger partial charge in [0.25, 0.3) is 5.56 Å². The van der Waals surface area contributed by atoms with Crippen LogP contribution >= 0.6 is 0 Å². The highest BCUT2D eigenvalue weighted by Crippen LogP contribution is 2.17. The molecule has 0 aliphatic heterocycles. The molecule has 3 rings (SSSR count). The lowest BCUT2D eigenvalue weighted by atomic mass is 10.0. The average molecular weight is 340 g/mol. The SMILES string of the molecule is CCOC(=O)Cn1nc(Cc2ccc(F)cc2)c2ccccc2c1=O. The second kappa shape index (κ2) is 7.25. The van der Waals surface area contributed by atoms with Crippen molar-refractivity contribution in [1.82, 2.24) is 9.78 Å². The number of rotatable bonds is 5. The number of halogens is 1. The van der Waals surface area contributed by atoms with Crippen LogP contribution < -0.4 is 5.56 Å². The number of nitrogens with zero attached hydrogens (tertiary/aromatic N) is 2. The van der Waals surface area contributed by atoms with E-state index >= 15 is 0 Å². The van der Waals surface area contributed by atoms with E-state index in [4.69, 9.17) is 4.74 Å². The van der Waals surface area contributed by atoms with Crippen molar-refractivity contribution in [1.29, 1.82) is 0 Å². The minimum Gasteiger partial charge on any atom is -0.465 e. The Morgan fingerprint density at radius 1 is 1.12 bits per heavy atom. The predicted molar refractivity (Wildman–Crippen MR) is 91.8 cm³/mol. The summed E-state index contributed by atoms with van der Waals surface area (Å²) in [6.45, 7) is 1.70. The lowest BCUT2D eigenvalue weighted by Crippen LogP contribution is -2.29. The number of benzene rings is 2. The molecule has 1 heterocycles. The molecule has 0 amide bonds. The minimum atomic E-state index is -0.514. The number of fused-ring (bicyclic) bond motifs is 1. The van der Waals surface area contributed by atoms with E-state index in [0.29, 0.717) is 17.5 Å². The van der Waals surface area contributed by atoms with E-state index in [2.05, 4.69) is 5.10 Å². The summed E-state index contributed by atoms with van der Waals surface area (Å²) in [5.74, 6) is -0.825. The van der Waals surface area contributed by atoms with Crippen molar-refractivity contribution in [2.45, 2.75) is 19.9 Å². The third-order valence-electron chi connectivity index (χ3n) is 3.81. The molecule has 0 atom stereocenters. The first kappa shape index (κ1) is 16.8. The maximum atomic E-state index is 13.1. The summed E-state index contributed by atoms with van der Waals surface area (Å²) in [6, 6.07) is 13.2. The van der Waals surface area contributed by atoms with E-state index in [9.17, 15) is 14.0 Å². The number of carbonyl (C=O) groups excluding carboxylic acids is 1. The van der Waals surface area contributed by atoms with E-state index < -0.39 is 5.97 Å². The number of esters is 1. The summed E-state index contributed by atoms with van der Waals surface area (Å²) in [6.07, 6.45) is 0.421.